The summed E-state index contributed by atoms with van der Waals surface area (Å²) in [6, 6.07) is -4.34. The van der Waals surface area contributed by atoms with Crippen LogP contribution < -0.4 is 70.2 Å². The highest BCUT2D eigenvalue weighted by Gasteiger charge is 2.38. The number of nitrogens with two attached hydrogens (primary N) is 4. The van der Waals surface area contributed by atoms with Gasteiger partial charge in [0, 0.05) is 31.6 Å². The summed E-state index contributed by atoms with van der Waals surface area (Å²) in [5.41, 5.74) is 22.7. The van der Waals surface area contributed by atoms with E-state index in [1.165, 1.54) is 12.1 Å². The first-order chi connectivity index (χ1) is 27.4. The number of aliphatic imine (C=N–C) groups is 1. The van der Waals surface area contributed by atoms with Gasteiger partial charge in [-0.05, 0) is 38.4 Å². The van der Waals surface area contributed by atoms with E-state index in [-0.39, 0.29) is 23.7 Å². The predicted molar refractivity (Wildman–Crippen MR) is 203 cm³/mol. The lowest BCUT2D eigenvalue weighted by atomic mass is 10.0. The van der Waals surface area contributed by atoms with Gasteiger partial charge in [0.15, 0.2) is 5.96 Å². The average Bonchev–Trinajstić information content (AvgIpc) is 3.15. The minimum absolute atomic E-state index is 0.113. The number of amides is 8. The van der Waals surface area contributed by atoms with Crippen molar-refractivity contribution in [1.82, 2.24) is 47.3 Å². The fourth-order valence-corrected chi connectivity index (χ4v) is 6.66. The summed E-state index contributed by atoms with van der Waals surface area (Å²) in [7, 11) is -4.22. The van der Waals surface area contributed by atoms with Gasteiger partial charge in [-0.25, -0.2) is 18.2 Å². The Morgan fingerprint density at radius 1 is 0.966 bits per heavy atom. The largest absolute Gasteiger partial charge is 0.394 e. The van der Waals surface area contributed by atoms with Gasteiger partial charge >= 0.3 is 6.03 Å². The molecule has 1 fully saturated rings. The number of aliphatic hydroxyl groups is 2. The van der Waals surface area contributed by atoms with E-state index in [4.69, 9.17) is 22.9 Å². The second-order valence-electron chi connectivity index (χ2n) is 13.2. The molecule has 0 aliphatic carbocycles. The van der Waals surface area contributed by atoms with Crippen molar-refractivity contribution in [3.63, 3.8) is 0 Å². The summed E-state index contributed by atoms with van der Waals surface area (Å²) in [5.74, 6) is -7.01. The molecule has 3 unspecified atom stereocenters. The maximum atomic E-state index is 14.1. The van der Waals surface area contributed by atoms with Crippen LogP contribution in [0.3, 0.4) is 0 Å². The topological polar surface area (TPSA) is 419 Å². The van der Waals surface area contributed by atoms with E-state index in [0.29, 0.717) is 25.6 Å². The molecule has 19 N–H and O–H groups in total. The molecular weight excluding hydrogens is 789 g/mol. The number of urea groups is 1. The molecule has 58 heavy (non-hydrogen) atoms. The normalized spacial score (nSPS) is 25.1. The number of nitrogens with zero attached hydrogens (tertiary/aromatic N) is 1. The maximum Gasteiger partial charge on any atom is 0.316 e. The summed E-state index contributed by atoms with van der Waals surface area (Å²) in [5, 5.41) is 38.2. The number of rotatable bonds is 13. The second-order valence-corrected chi connectivity index (χ2v) is 14.9. The van der Waals surface area contributed by atoms with Gasteiger partial charge in [0.25, 0.3) is 5.91 Å². The molecular formula is C32H50N14O11S. The van der Waals surface area contributed by atoms with E-state index >= 15 is 0 Å². The lowest BCUT2D eigenvalue weighted by molar-refractivity contribution is -0.135. The average molecular weight is 839 g/mol. The molecule has 25 nitrogen and oxygen atoms in total. The predicted octanol–water partition coefficient (Wildman–Crippen LogP) is -7.59. The first-order valence-electron chi connectivity index (χ1n) is 17.8. The van der Waals surface area contributed by atoms with Crippen LogP contribution in [0.25, 0.3) is 0 Å². The van der Waals surface area contributed by atoms with Crippen LogP contribution in [0, 0.1) is 6.92 Å². The number of carbonyl (C=O) groups is 7. The molecule has 0 aromatic heterocycles. The molecule has 0 spiro atoms. The number of guanidine groups is 1. The van der Waals surface area contributed by atoms with Crippen molar-refractivity contribution < 1.29 is 52.2 Å². The van der Waals surface area contributed by atoms with Gasteiger partial charge in [0.05, 0.1) is 24.2 Å². The van der Waals surface area contributed by atoms with Crippen LogP contribution in [0.2, 0.25) is 0 Å². The van der Waals surface area contributed by atoms with Crippen LogP contribution in [-0.2, 0) is 38.8 Å². The lowest BCUT2D eigenvalue weighted by Crippen LogP contribution is -2.65. The van der Waals surface area contributed by atoms with Crippen molar-refractivity contribution in [2.75, 3.05) is 26.3 Å². The quantitative estimate of drug-likeness (QED) is 0.0821. The van der Waals surface area contributed by atoms with Crippen LogP contribution >= 0.6 is 0 Å². The Balaban J connectivity index is 2.06. The Morgan fingerprint density at radius 3 is 2.22 bits per heavy atom. The lowest BCUT2D eigenvalue weighted by Gasteiger charge is -2.34. The molecule has 1 aromatic carbocycles. The highest BCUT2D eigenvalue weighted by Crippen LogP contribution is 2.16. The fraction of sp³-hybridized carbons (Fsp3) is 0.500. The van der Waals surface area contributed by atoms with Gasteiger partial charge < -0.3 is 75.7 Å². The number of aryl methyl sites for hydroxylation is 1. The van der Waals surface area contributed by atoms with Crippen molar-refractivity contribution in [2.45, 2.75) is 79.9 Å². The molecule has 3 rings (SSSR count). The number of nitrogens with one attached hydrogen (secondary N) is 9. The van der Waals surface area contributed by atoms with Gasteiger partial charge in [0.1, 0.15) is 36.0 Å². The number of aliphatic hydroxyl groups excluding tert-OH is 2. The first-order valence-corrected chi connectivity index (χ1v) is 19.3. The zero-order valence-electron chi connectivity index (χ0n) is 31.3. The number of benzene rings is 1. The van der Waals surface area contributed by atoms with Crippen molar-refractivity contribution >= 4 is 57.5 Å². The summed E-state index contributed by atoms with van der Waals surface area (Å²) >= 11 is 0. The standard InChI is InChI=1S/C32H50N14O11S/c1-15-4-6-17(7-5-15)58(56,57)46-23-10-18(43-31(35)44-23)25-30(54)37-11-19(39-24(49)9-16(34)3-2-8-33)26(50)41-22(14-48)29(53)42-21(13-47)28(52)40-20(27(51)45-25)12-38-32(36)55/h4-7,12,16,18-19,21-23,25,46-48H,2-3,8-11,13-14,33-34H2,1H3,(H,37,54)(H,39,49)(H,40,52)(H,41,50)(H,42,53)(H,45,51)(H3,35,43,44)(H3,36,38,55)/b20-12-/t16-,18?,19?,21+,22+,23?,25+/m0/s1. The third kappa shape index (κ3) is 13.9. The zero-order chi connectivity index (χ0) is 43.2. The number of hydrogen-bond acceptors (Lipinski definition) is 16. The van der Waals surface area contributed by atoms with Gasteiger partial charge in [-0.2, -0.15) is 4.72 Å². The molecule has 2 aliphatic heterocycles. The highest BCUT2D eigenvalue weighted by atomic mass is 32.2. The van der Waals surface area contributed by atoms with Crippen molar-refractivity contribution in [1.29, 1.82) is 0 Å². The van der Waals surface area contributed by atoms with Crippen molar-refractivity contribution in [3.8, 4) is 0 Å². The molecule has 2 heterocycles. The Morgan fingerprint density at radius 2 is 1.60 bits per heavy atom. The van der Waals surface area contributed by atoms with Crippen LogP contribution in [0.5, 0.6) is 0 Å². The van der Waals surface area contributed by atoms with Crippen LogP contribution in [-0.4, -0.2) is 135 Å². The molecule has 1 aromatic rings. The molecule has 320 valence electrons. The SMILES string of the molecule is Cc1ccc(S(=O)(=O)NC2CC([C@H]3NC(=O)/C(=C/NC(N)=O)NC(=O)[C@@H](CO)NC(=O)[C@@H](CO)NC(=O)C(NC(=O)C[C@@H](N)CCCN)CNC3=O)NC(N)=N2)cc1. The smallest absolute Gasteiger partial charge is 0.316 e. The molecule has 2 aliphatic rings. The Kier molecular flexibility index (Phi) is 17.3. The number of sulfonamides is 1. The van der Waals surface area contributed by atoms with Crippen LogP contribution in [0.15, 0.2) is 46.1 Å². The third-order valence-corrected chi connectivity index (χ3v) is 10.0. The zero-order valence-corrected chi connectivity index (χ0v) is 32.1. The van der Waals surface area contributed by atoms with E-state index in [9.17, 15) is 52.2 Å². The number of hydrogen-bond donors (Lipinski definition) is 15. The number of primary amides is 1. The summed E-state index contributed by atoms with van der Waals surface area (Å²) in [6.45, 7) is -0.770. The molecule has 0 bridgehead atoms. The molecule has 26 heteroatoms. The molecule has 7 atom stereocenters. The second kappa shape index (κ2) is 21.6. The molecule has 8 amide bonds. The summed E-state index contributed by atoms with van der Waals surface area (Å²) in [6.07, 6.45) is -0.456. The summed E-state index contributed by atoms with van der Waals surface area (Å²) < 4.78 is 28.9. The first kappa shape index (κ1) is 46.5. The van der Waals surface area contributed by atoms with Crippen LogP contribution in [0.4, 0.5) is 4.79 Å². The van der Waals surface area contributed by atoms with Crippen molar-refractivity contribution in [2.24, 2.45) is 27.9 Å². The van der Waals surface area contributed by atoms with Crippen LogP contribution in [0.1, 0.15) is 31.2 Å². The maximum absolute atomic E-state index is 14.1. The summed E-state index contributed by atoms with van der Waals surface area (Å²) in [4.78, 5) is 96.1. The van der Waals surface area contributed by atoms with E-state index in [0.717, 1.165) is 5.56 Å². The van der Waals surface area contributed by atoms with E-state index in [1.807, 2.05) is 5.32 Å². The van der Waals surface area contributed by atoms with E-state index in [2.05, 4.69) is 46.9 Å². The van der Waals surface area contributed by atoms with E-state index < -0.39 is 119 Å². The highest BCUT2D eigenvalue weighted by molar-refractivity contribution is 7.89. The Hall–Kier alpha value is -5.93. The monoisotopic (exact) mass is 838 g/mol. The minimum atomic E-state index is -4.22. The fourth-order valence-electron chi connectivity index (χ4n) is 5.52. The van der Waals surface area contributed by atoms with Gasteiger partial charge in [-0.3, -0.25) is 28.8 Å². The molecule has 1 saturated heterocycles. The van der Waals surface area contributed by atoms with Crippen molar-refractivity contribution in [3.05, 3.63) is 41.7 Å². The Labute approximate surface area is 332 Å². The van der Waals surface area contributed by atoms with Gasteiger partial charge in [-0.15, -0.1) is 0 Å². The van der Waals surface area contributed by atoms with E-state index in [1.54, 1.807) is 19.1 Å². The minimum Gasteiger partial charge on any atom is -0.394 e. The third-order valence-electron chi connectivity index (χ3n) is 8.55. The molecule has 0 saturated carbocycles. The Bertz CT molecular complexity index is 1860. The van der Waals surface area contributed by atoms with Gasteiger partial charge in [-0.1, -0.05) is 17.7 Å². The van der Waals surface area contributed by atoms with Gasteiger partial charge in [0.2, 0.25) is 39.6 Å². The number of carbonyl (C=O) groups excluding carboxylic acids is 7. The molecule has 0 radical (unpaired) electrons.